The minimum absolute atomic E-state index is 0.0856. The summed E-state index contributed by atoms with van der Waals surface area (Å²) in [5.41, 5.74) is 2.66. The molecule has 2 saturated heterocycles. The smallest absolute Gasteiger partial charge is 0.321 e. The lowest BCUT2D eigenvalue weighted by molar-refractivity contribution is 0.0938. The summed E-state index contributed by atoms with van der Waals surface area (Å²) in [5, 5.41) is 5.88. The molecule has 146 valence electrons. The SMILES string of the molecule is O=C(NCC(c1ccccc1)N1CCCC1)c1ccc(N2CCNC2=O)cc1. The van der Waals surface area contributed by atoms with Crippen LogP contribution in [0.3, 0.4) is 0 Å². The number of hydrogen-bond acceptors (Lipinski definition) is 3. The summed E-state index contributed by atoms with van der Waals surface area (Å²) in [6, 6.07) is 17.7. The first-order chi connectivity index (χ1) is 13.7. The van der Waals surface area contributed by atoms with Gasteiger partial charge < -0.3 is 10.6 Å². The number of nitrogens with zero attached hydrogens (tertiary/aromatic N) is 2. The summed E-state index contributed by atoms with van der Waals surface area (Å²) in [5.74, 6) is -0.0856. The van der Waals surface area contributed by atoms with Crippen molar-refractivity contribution in [2.75, 3.05) is 37.6 Å². The van der Waals surface area contributed by atoms with E-state index in [0.717, 1.165) is 18.8 Å². The van der Waals surface area contributed by atoms with Gasteiger partial charge in [-0.25, -0.2) is 4.79 Å². The van der Waals surface area contributed by atoms with Crippen LogP contribution in [0.2, 0.25) is 0 Å². The molecule has 0 saturated carbocycles. The Morgan fingerprint density at radius 2 is 1.71 bits per heavy atom. The fourth-order valence-electron chi connectivity index (χ4n) is 3.99. The maximum absolute atomic E-state index is 12.7. The van der Waals surface area contributed by atoms with Gasteiger partial charge in [0.1, 0.15) is 0 Å². The van der Waals surface area contributed by atoms with E-state index in [0.29, 0.717) is 25.2 Å². The van der Waals surface area contributed by atoms with Crippen LogP contribution in [-0.4, -0.2) is 49.6 Å². The van der Waals surface area contributed by atoms with Crippen molar-refractivity contribution in [2.24, 2.45) is 0 Å². The highest BCUT2D eigenvalue weighted by molar-refractivity contribution is 5.97. The van der Waals surface area contributed by atoms with Gasteiger partial charge in [0.2, 0.25) is 0 Å². The molecule has 0 bridgehead atoms. The topological polar surface area (TPSA) is 64.7 Å². The first-order valence-corrected chi connectivity index (χ1v) is 9.95. The number of hydrogen-bond donors (Lipinski definition) is 2. The summed E-state index contributed by atoms with van der Waals surface area (Å²) in [6.07, 6.45) is 2.42. The van der Waals surface area contributed by atoms with Crippen LogP contribution in [0.1, 0.15) is 34.8 Å². The first-order valence-electron chi connectivity index (χ1n) is 9.95. The van der Waals surface area contributed by atoms with Crippen molar-refractivity contribution < 1.29 is 9.59 Å². The van der Waals surface area contributed by atoms with Crippen LogP contribution < -0.4 is 15.5 Å². The minimum Gasteiger partial charge on any atom is -0.350 e. The Kier molecular flexibility index (Phi) is 5.58. The zero-order valence-corrected chi connectivity index (χ0v) is 15.9. The Morgan fingerprint density at radius 3 is 2.36 bits per heavy atom. The summed E-state index contributed by atoms with van der Waals surface area (Å²) >= 11 is 0. The van der Waals surface area contributed by atoms with Crippen molar-refractivity contribution in [1.82, 2.24) is 15.5 Å². The monoisotopic (exact) mass is 378 g/mol. The van der Waals surface area contributed by atoms with Gasteiger partial charge in [-0.3, -0.25) is 14.6 Å². The van der Waals surface area contributed by atoms with Gasteiger partial charge >= 0.3 is 6.03 Å². The second kappa shape index (κ2) is 8.44. The van der Waals surface area contributed by atoms with Crippen molar-refractivity contribution in [1.29, 1.82) is 0 Å². The maximum atomic E-state index is 12.7. The second-order valence-corrected chi connectivity index (χ2v) is 7.31. The fourth-order valence-corrected chi connectivity index (χ4v) is 3.99. The normalized spacial score (nSPS) is 18.1. The number of rotatable bonds is 6. The highest BCUT2D eigenvalue weighted by Crippen LogP contribution is 2.24. The van der Waals surface area contributed by atoms with Crippen LogP contribution in [0, 0.1) is 0 Å². The summed E-state index contributed by atoms with van der Waals surface area (Å²) in [6.45, 7) is 4.03. The zero-order valence-electron chi connectivity index (χ0n) is 15.9. The number of likely N-dealkylation sites (tertiary alicyclic amines) is 1. The van der Waals surface area contributed by atoms with Crippen LogP contribution in [0.15, 0.2) is 54.6 Å². The van der Waals surface area contributed by atoms with Crippen LogP contribution in [0.25, 0.3) is 0 Å². The van der Waals surface area contributed by atoms with E-state index in [1.807, 2.05) is 30.3 Å². The molecule has 6 nitrogen and oxygen atoms in total. The van der Waals surface area contributed by atoms with Crippen molar-refractivity contribution in [3.8, 4) is 0 Å². The fraction of sp³-hybridized carbons (Fsp3) is 0.364. The van der Waals surface area contributed by atoms with Gasteiger partial charge in [-0.15, -0.1) is 0 Å². The number of amides is 3. The Bertz CT molecular complexity index is 816. The Hall–Kier alpha value is -2.86. The molecule has 2 aromatic carbocycles. The zero-order chi connectivity index (χ0) is 19.3. The number of benzene rings is 2. The van der Waals surface area contributed by atoms with Gasteiger partial charge in [0.25, 0.3) is 5.91 Å². The van der Waals surface area contributed by atoms with Crippen LogP contribution in [0.5, 0.6) is 0 Å². The summed E-state index contributed by atoms with van der Waals surface area (Å²) in [4.78, 5) is 28.6. The summed E-state index contributed by atoms with van der Waals surface area (Å²) < 4.78 is 0. The molecular weight excluding hydrogens is 352 g/mol. The van der Waals surface area contributed by atoms with Crippen LogP contribution >= 0.6 is 0 Å². The average molecular weight is 378 g/mol. The molecular formula is C22H26N4O2. The molecule has 28 heavy (non-hydrogen) atoms. The highest BCUT2D eigenvalue weighted by Gasteiger charge is 2.24. The van der Waals surface area contributed by atoms with E-state index >= 15 is 0 Å². The van der Waals surface area contributed by atoms with Gasteiger partial charge in [0.15, 0.2) is 0 Å². The van der Waals surface area contributed by atoms with E-state index in [1.165, 1.54) is 18.4 Å². The van der Waals surface area contributed by atoms with Gasteiger partial charge in [-0.2, -0.15) is 0 Å². The minimum atomic E-state index is -0.0893. The predicted octanol–water partition coefficient (Wildman–Crippen LogP) is 2.78. The lowest BCUT2D eigenvalue weighted by Gasteiger charge is -2.28. The van der Waals surface area contributed by atoms with Crippen molar-refractivity contribution in [3.05, 3.63) is 65.7 Å². The Morgan fingerprint density at radius 1 is 1.00 bits per heavy atom. The van der Waals surface area contributed by atoms with Crippen molar-refractivity contribution in [3.63, 3.8) is 0 Å². The summed E-state index contributed by atoms with van der Waals surface area (Å²) in [7, 11) is 0. The molecule has 1 atom stereocenters. The molecule has 2 aromatic rings. The third-order valence-corrected chi connectivity index (χ3v) is 5.52. The second-order valence-electron chi connectivity index (χ2n) is 7.31. The van der Waals surface area contributed by atoms with E-state index in [4.69, 9.17) is 0 Å². The van der Waals surface area contributed by atoms with Crippen molar-refractivity contribution in [2.45, 2.75) is 18.9 Å². The highest BCUT2D eigenvalue weighted by atomic mass is 16.2. The molecule has 1 unspecified atom stereocenters. The quantitative estimate of drug-likeness (QED) is 0.812. The van der Waals surface area contributed by atoms with E-state index in [9.17, 15) is 9.59 Å². The first kappa shape index (κ1) is 18.5. The standard InChI is InChI=1S/C22H26N4O2/c27-21(18-8-10-19(11-9-18)26-15-12-23-22(26)28)24-16-20(25-13-4-5-14-25)17-6-2-1-3-7-17/h1-3,6-11,20H,4-5,12-16H2,(H,23,28)(H,24,27). The number of anilines is 1. The van der Waals surface area contributed by atoms with Gasteiger partial charge in [0, 0.05) is 30.9 Å². The molecule has 2 N–H and O–H groups in total. The third-order valence-electron chi connectivity index (χ3n) is 5.52. The van der Waals surface area contributed by atoms with E-state index in [1.54, 1.807) is 17.0 Å². The van der Waals surface area contributed by atoms with E-state index < -0.39 is 0 Å². The molecule has 4 rings (SSSR count). The van der Waals surface area contributed by atoms with E-state index in [2.05, 4.69) is 27.7 Å². The van der Waals surface area contributed by atoms with E-state index in [-0.39, 0.29) is 18.0 Å². The van der Waals surface area contributed by atoms with Crippen LogP contribution in [0.4, 0.5) is 10.5 Å². The van der Waals surface area contributed by atoms with Gasteiger partial charge in [-0.1, -0.05) is 30.3 Å². The lowest BCUT2D eigenvalue weighted by atomic mass is 10.1. The van der Waals surface area contributed by atoms with Gasteiger partial charge in [0.05, 0.1) is 6.04 Å². The molecule has 3 amide bonds. The number of carbonyl (C=O) groups is 2. The third kappa shape index (κ3) is 4.02. The van der Waals surface area contributed by atoms with Crippen molar-refractivity contribution >= 4 is 17.6 Å². The number of carbonyl (C=O) groups excluding carboxylic acids is 2. The molecule has 2 aliphatic heterocycles. The predicted molar refractivity (Wildman–Crippen MR) is 110 cm³/mol. The molecule has 2 aliphatic rings. The molecule has 0 radical (unpaired) electrons. The maximum Gasteiger partial charge on any atom is 0.321 e. The molecule has 2 fully saturated rings. The molecule has 2 heterocycles. The lowest BCUT2D eigenvalue weighted by Crippen LogP contribution is -2.36. The van der Waals surface area contributed by atoms with Crippen LogP contribution in [-0.2, 0) is 0 Å². The molecule has 0 aromatic heterocycles. The molecule has 0 spiro atoms. The molecule has 0 aliphatic carbocycles. The largest absolute Gasteiger partial charge is 0.350 e. The average Bonchev–Trinajstić information content (AvgIpc) is 3.41. The number of urea groups is 1. The number of nitrogens with one attached hydrogen (secondary N) is 2. The Labute approximate surface area is 165 Å². The molecule has 6 heteroatoms. The van der Waals surface area contributed by atoms with Gasteiger partial charge in [-0.05, 0) is 55.8 Å². The Balaban J connectivity index is 1.41.